The van der Waals surface area contributed by atoms with Crippen LogP contribution in [0.4, 0.5) is 5.69 Å². The normalized spacial score (nSPS) is 11.9. The molecule has 86 valence electrons. The van der Waals surface area contributed by atoms with Gasteiger partial charge in [-0.25, -0.2) is 0 Å². The molecule has 0 bridgehead atoms. The Bertz CT molecular complexity index is 400. The summed E-state index contributed by atoms with van der Waals surface area (Å²) in [5.74, 6) is 0. The molecule has 0 aliphatic heterocycles. The molecule has 0 spiro atoms. The average molecular weight is 217 g/mol. The van der Waals surface area contributed by atoms with Crippen LogP contribution >= 0.6 is 0 Å². The molecule has 0 fully saturated rings. The second-order valence-corrected chi connectivity index (χ2v) is 4.90. The topological polar surface area (TPSA) is 43.1 Å². The molecule has 1 aromatic rings. The number of nitrogen functional groups attached to an aromatic ring is 1. The molecule has 1 aromatic carbocycles. The summed E-state index contributed by atoms with van der Waals surface area (Å²) >= 11 is 0. The van der Waals surface area contributed by atoms with Crippen LogP contribution in [0.1, 0.15) is 38.3 Å². The van der Waals surface area contributed by atoms with Crippen molar-refractivity contribution in [1.29, 1.82) is 0 Å². The largest absolute Gasteiger partial charge is 0.398 e. The van der Waals surface area contributed by atoms with Gasteiger partial charge >= 0.3 is 0 Å². The Labute approximate surface area is 97.2 Å². The van der Waals surface area contributed by atoms with Crippen molar-refractivity contribution in [2.75, 3.05) is 5.73 Å². The van der Waals surface area contributed by atoms with Crippen LogP contribution < -0.4 is 5.73 Å². The molecule has 0 heterocycles. The first kappa shape index (κ1) is 12.5. The van der Waals surface area contributed by atoms with Crippen molar-refractivity contribution >= 4 is 18.0 Å². The third-order valence-electron chi connectivity index (χ3n) is 2.48. The molecule has 0 aliphatic carbocycles. The lowest BCUT2D eigenvalue weighted by atomic mass is 9.86. The Morgan fingerprint density at radius 1 is 1.31 bits per heavy atom. The zero-order valence-corrected chi connectivity index (χ0v) is 10.2. The number of carbonyl (C=O) groups excluding carboxylic acids is 1. The smallest absolute Gasteiger partial charge is 0.123 e. The lowest BCUT2D eigenvalue weighted by molar-refractivity contribution is -0.107. The van der Waals surface area contributed by atoms with Crippen molar-refractivity contribution in [3.8, 4) is 0 Å². The van der Waals surface area contributed by atoms with Gasteiger partial charge in [-0.1, -0.05) is 39.0 Å². The van der Waals surface area contributed by atoms with Gasteiger partial charge in [0.25, 0.3) is 0 Å². The van der Waals surface area contributed by atoms with E-state index in [1.165, 1.54) is 5.56 Å². The highest BCUT2D eigenvalue weighted by Gasteiger charge is 2.13. The molecular weight excluding hydrogens is 198 g/mol. The number of hydrogen-bond donors (Lipinski definition) is 1. The fourth-order valence-electron chi connectivity index (χ4n) is 1.44. The first-order chi connectivity index (χ1) is 7.45. The average Bonchev–Trinajstić information content (AvgIpc) is 2.19. The highest BCUT2D eigenvalue weighted by molar-refractivity contribution is 5.67. The zero-order chi connectivity index (χ0) is 12.2. The van der Waals surface area contributed by atoms with Gasteiger partial charge in [0.05, 0.1) is 0 Å². The van der Waals surface area contributed by atoms with Crippen LogP contribution in [-0.4, -0.2) is 6.29 Å². The van der Waals surface area contributed by atoms with E-state index < -0.39 is 0 Å². The predicted octanol–water partition coefficient (Wildman–Crippen LogP) is 3.17. The number of nitrogens with two attached hydrogens (primary N) is 1. The number of anilines is 1. The van der Waals surface area contributed by atoms with Crippen LogP contribution in [0.15, 0.2) is 24.3 Å². The van der Waals surface area contributed by atoms with E-state index in [1.54, 1.807) is 0 Å². The van der Waals surface area contributed by atoms with Gasteiger partial charge in [-0.2, -0.15) is 0 Å². The van der Waals surface area contributed by atoms with Gasteiger partial charge in [0.1, 0.15) is 6.29 Å². The number of hydrogen-bond acceptors (Lipinski definition) is 2. The number of rotatable bonds is 3. The summed E-state index contributed by atoms with van der Waals surface area (Å²) in [5, 5.41) is 0. The van der Waals surface area contributed by atoms with Crippen molar-refractivity contribution in [3.05, 3.63) is 35.4 Å². The second kappa shape index (κ2) is 4.97. The molecule has 0 saturated heterocycles. The van der Waals surface area contributed by atoms with Gasteiger partial charge in [0, 0.05) is 12.1 Å². The molecule has 0 atom stereocenters. The second-order valence-electron chi connectivity index (χ2n) is 4.90. The van der Waals surface area contributed by atoms with Crippen molar-refractivity contribution in [2.24, 2.45) is 0 Å². The van der Waals surface area contributed by atoms with E-state index in [1.807, 2.05) is 24.3 Å². The van der Waals surface area contributed by atoms with Gasteiger partial charge < -0.3 is 10.5 Å². The Balaban J connectivity index is 3.04. The van der Waals surface area contributed by atoms with Gasteiger partial charge in [0.15, 0.2) is 0 Å². The maximum atomic E-state index is 10.2. The van der Waals surface area contributed by atoms with Crippen LogP contribution in [0.25, 0.3) is 6.08 Å². The summed E-state index contributed by atoms with van der Waals surface area (Å²) in [6.45, 7) is 6.49. The monoisotopic (exact) mass is 217 g/mol. The highest BCUT2D eigenvalue weighted by atomic mass is 16.1. The number of aldehydes is 1. The minimum absolute atomic E-state index is 0.112. The lowest BCUT2D eigenvalue weighted by Gasteiger charge is -2.20. The van der Waals surface area contributed by atoms with Crippen molar-refractivity contribution < 1.29 is 4.79 Å². The minimum atomic E-state index is 0.112. The van der Waals surface area contributed by atoms with E-state index in [4.69, 9.17) is 5.73 Å². The zero-order valence-electron chi connectivity index (χ0n) is 10.2. The van der Waals surface area contributed by atoms with E-state index in [0.29, 0.717) is 6.42 Å². The van der Waals surface area contributed by atoms with Gasteiger partial charge in [-0.15, -0.1) is 0 Å². The Hall–Kier alpha value is -1.57. The molecule has 0 aliphatic rings. The molecule has 0 aromatic heterocycles. The summed E-state index contributed by atoms with van der Waals surface area (Å²) in [5.41, 5.74) is 8.96. The molecule has 2 heteroatoms. The maximum absolute atomic E-state index is 10.2. The summed E-state index contributed by atoms with van der Waals surface area (Å²) in [7, 11) is 0. The summed E-state index contributed by atoms with van der Waals surface area (Å²) in [6.07, 6.45) is 5.03. The van der Waals surface area contributed by atoms with Crippen LogP contribution in [0, 0.1) is 0 Å². The highest BCUT2D eigenvalue weighted by Crippen LogP contribution is 2.26. The molecule has 0 unspecified atom stereocenters. The van der Waals surface area contributed by atoms with Crippen molar-refractivity contribution in [3.63, 3.8) is 0 Å². The predicted molar refractivity (Wildman–Crippen MR) is 69.3 cm³/mol. The van der Waals surface area contributed by atoms with Gasteiger partial charge in [0.2, 0.25) is 0 Å². The minimum Gasteiger partial charge on any atom is -0.398 e. The first-order valence-electron chi connectivity index (χ1n) is 5.45. The van der Waals surface area contributed by atoms with Crippen LogP contribution in [0.5, 0.6) is 0 Å². The van der Waals surface area contributed by atoms with Gasteiger partial charge in [-0.3, -0.25) is 0 Å². The van der Waals surface area contributed by atoms with Crippen LogP contribution in [-0.2, 0) is 10.2 Å². The number of benzene rings is 1. The third-order valence-corrected chi connectivity index (χ3v) is 2.48. The van der Waals surface area contributed by atoms with E-state index in [9.17, 15) is 4.79 Å². The van der Waals surface area contributed by atoms with E-state index in [0.717, 1.165) is 17.5 Å². The first-order valence-corrected chi connectivity index (χ1v) is 5.45. The Morgan fingerprint density at radius 3 is 2.56 bits per heavy atom. The SMILES string of the molecule is CC(C)(C)c1ccc(N)c(C=CCC=O)c1. The molecule has 2 N–H and O–H groups in total. The standard InChI is InChI=1S/C14H19NO/c1-14(2,3)12-7-8-13(15)11(10-12)6-4-5-9-16/h4,6-10H,5,15H2,1-3H3. The molecule has 2 nitrogen and oxygen atoms in total. The quantitative estimate of drug-likeness (QED) is 0.624. The summed E-state index contributed by atoms with van der Waals surface area (Å²) < 4.78 is 0. The molecule has 16 heavy (non-hydrogen) atoms. The van der Waals surface area contributed by atoms with Crippen LogP contribution in [0.3, 0.4) is 0 Å². The van der Waals surface area contributed by atoms with E-state index in [2.05, 4.69) is 26.8 Å². The van der Waals surface area contributed by atoms with Gasteiger partial charge in [-0.05, 0) is 28.7 Å². The Morgan fingerprint density at radius 2 is 2.00 bits per heavy atom. The maximum Gasteiger partial charge on any atom is 0.123 e. The number of carbonyl (C=O) groups is 1. The van der Waals surface area contributed by atoms with E-state index in [-0.39, 0.29) is 5.41 Å². The molecule has 0 amide bonds. The third kappa shape index (κ3) is 3.23. The summed E-state index contributed by atoms with van der Waals surface area (Å²) in [6, 6.07) is 6.05. The van der Waals surface area contributed by atoms with E-state index >= 15 is 0 Å². The van der Waals surface area contributed by atoms with Crippen molar-refractivity contribution in [2.45, 2.75) is 32.6 Å². The van der Waals surface area contributed by atoms with Crippen LogP contribution in [0.2, 0.25) is 0 Å². The molecule has 1 rings (SSSR count). The van der Waals surface area contributed by atoms with Crippen molar-refractivity contribution in [1.82, 2.24) is 0 Å². The molecular formula is C14H19NO. The Kier molecular flexibility index (Phi) is 3.88. The fraction of sp³-hybridized carbons (Fsp3) is 0.357. The molecule has 0 saturated carbocycles. The molecule has 0 radical (unpaired) electrons. The summed E-state index contributed by atoms with van der Waals surface area (Å²) in [4.78, 5) is 10.2. The number of allylic oxidation sites excluding steroid dienone is 1. The fourth-order valence-corrected chi connectivity index (χ4v) is 1.44. The lowest BCUT2D eigenvalue weighted by Crippen LogP contribution is -2.11.